The smallest absolute Gasteiger partial charge is 0.358 e. The van der Waals surface area contributed by atoms with E-state index in [1.54, 1.807) is 6.92 Å². The van der Waals surface area contributed by atoms with Crippen molar-refractivity contribution in [1.82, 2.24) is 9.78 Å². The summed E-state index contributed by atoms with van der Waals surface area (Å²) in [6.45, 7) is 7.67. The van der Waals surface area contributed by atoms with Gasteiger partial charge in [-0.1, -0.05) is 0 Å². The first-order valence-corrected chi connectivity index (χ1v) is 4.83. The van der Waals surface area contributed by atoms with Gasteiger partial charge in [-0.25, -0.2) is 9.48 Å². The molecule has 0 atom stereocenters. The molecule has 0 saturated heterocycles. The van der Waals surface area contributed by atoms with E-state index in [1.807, 2.05) is 20.8 Å². The first kappa shape index (κ1) is 11.6. The quantitative estimate of drug-likeness (QED) is 0.755. The molecule has 15 heavy (non-hydrogen) atoms. The van der Waals surface area contributed by atoms with Gasteiger partial charge in [-0.3, -0.25) is 0 Å². The second kappa shape index (κ2) is 3.92. The van der Waals surface area contributed by atoms with Gasteiger partial charge < -0.3 is 9.84 Å². The van der Waals surface area contributed by atoms with E-state index in [0.717, 1.165) is 0 Å². The number of rotatable bonds is 2. The fourth-order valence-electron chi connectivity index (χ4n) is 1.17. The van der Waals surface area contributed by atoms with Crippen molar-refractivity contribution in [1.29, 1.82) is 0 Å². The zero-order chi connectivity index (χ0) is 11.6. The molecule has 0 spiro atoms. The van der Waals surface area contributed by atoms with Crippen molar-refractivity contribution in [3.8, 4) is 5.88 Å². The van der Waals surface area contributed by atoms with Crippen molar-refractivity contribution in [3.63, 3.8) is 0 Å². The average molecular weight is 212 g/mol. The minimum Gasteiger partial charge on any atom is -0.493 e. The van der Waals surface area contributed by atoms with Gasteiger partial charge in [0.1, 0.15) is 0 Å². The molecule has 0 amide bonds. The van der Waals surface area contributed by atoms with E-state index < -0.39 is 5.97 Å². The molecule has 0 bridgehead atoms. The third-order valence-electron chi connectivity index (χ3n) is 1.81. The van der Waals surface area contributed by atoms with Crippen molar-refractivity contribution >= 4 is 5.97 Å². The van der Waals surface area contributed by atoms with E-state index >= 15 is 0 Å². The van der Waals surface area contributed by atoms with Crippen LogP contribution in [0, 0.1) is 0 Å². The first-order chi connectivity index (χ1) is 6.86. The minimum atomic E-state index is -0.518. The van der Waals surface area contributed by atoms with Crippen LogP contribution in [0.1, 0.15) is 38.2 Å². The number of nitrogens with zero attached hydrogens (tertiary/aromatic N) is 2. The van der Waals surface area contributed by atoms with E-state index in [0.29, 0.717) is 6.61 Å². The van der Waals surface area contributed by atoms with Gasteiger partial charge in [-0.15, -0.1) is 0 Å². The molecule has 0 aliphatic rings. The van der Waals surface area contributed by atoms with Crippen molar-refractivity contribution in [2.24, 2.45) is 0 Å². The normalized spacial score (nSPS) is 11.5. The lowest BCUT2D eigenvalue weighted by Gasteiger charge is -2.19. The molecule has 0 aliphatic carbocycles. The van der Waals surface area contributed by atoms with Crippen LogP contribution in [-0.2, 0) is 10.3 Å². The molecule has 5 heteroatoms. The SMILES string of the molecule is CCOC(=O)c1cc(O)n(C(C)(C)C)n1. The van der Waals surface area contributed by atoms with Crippen LogP contribution in [0.5, 0.6) is 5.88 Å². The Balaban J connectivity index is 3.01. The predicted octanol–water partition coefficient (Wildman–Crippen LogP) is 1.52. The summed E-state index contributed by atoms with van der Waals surface area (Å²) in [5, 5.41) is 13.6. The summed E-state index contributed by atoms with van der Waals surface area (Å²) >= 11 is 0. The van der Waals surface area contributed by atoms with Gasteiger partial charge in [0.15, 0.2) is 5.69 Å². The maximum absolute atomic E-state index is 11.3. The monoisotopic (exact) mass is 212 g/mol. The maximum Gasteiger partial charge on any atom is 0.358 e. The van der Waals surface area contributed by atoms with Crippen LogP contribution in [0.2, 0.25) is 0 Å². The van der Waals surface area contributed by atoms with Gasteiger partial charge in [-0.05, 0) is 27.7 Å². The minimum absolute atomic E-state index is 0.0365. The third-order valence-corrected chi connectivity index (χ3v) is 1.81. The average Bonchev–Trinajstić information content (AvgIpc) is 2.47. The standard InChI is InChI=1S/C10H16N2O3/c1-5-15-9(14)7-6-8(13)12(11-7)10(2,3)4/h6,13H,5H2,1-4H3. The summed E-state index contributed by atoms with van der Waals surface area (Å²) in [7, 11) is 0. The highest BCUT2D eigenvalue weighted by molar-refractivity contribution is 5.87. The van der Waals surface area contributed by atoms with E-state index in [-0.39, 0.29) is 17.1 Å². The lowest BCUT2D eigenvalue weighted by Crippen LogP contribution is -2.23. The number of hydrogen-bond donors (Lipinski definition) is 1. The van der Waals surface area contributed by atoms with Gasteiger partial charge in [-0.2, -0.15) is 5.10 Å². The summed E-state index contributed by atoms with van der Waals surface area (Å²) < 4.78 is 6.17. The van der Waals surface area contributed by atoms with E-state index in [1.165, 1.54) is 10.7 Å². The molecule has 0 aromatic carbocycles. The van der Waals surface area contributed by atoms with E-state index in [4.69, 9.17) is 4.74 Å². The van der Waals surface area contributed by atoms with Crippen LogP contribution in [-0.4, -0.2) is 27.5 Å². The number of hydrogen-bond acceptors (Lipinski definition) is 4. The molecule has 0 saturated carbocycles. The van der Waals surface area contributed by atoms with Gasteiger partial charge in [0.25, 0.3) is 0 Å². The van der Waals surface area contributed by atoms with Crippen molar-refractivity contribution < 1.29 is 14.6 Å². The zero-order valence-electron chi connectivity index (χ0n) is 9.44. The third kappa shape index (κ3) is 2.49. The van der Waals surface area contributed by atoms with Crippen LogP contribution in [0.3, 0.4) is 0 Å². The summed E-state index contributed by atoms with van der Waals surface area (Å²) in [6.07, 6.45) is 0. The number of carbonyl (C=O) groups excluding carboxylic acids is 1. The van der Waals surface area contributed by atoms with Gasteiger partial charge >= 0.3 is 5.97 Å². The first-order valence-electron chi connectivity index (χ1n) is 4.83. The Morgan fingerprint density at radius 1 is 1.60 bits per heavy atom. The molecule has 1 aromatic heterocycles. The summed E-state index contributed by atoms with van der Waals surface area (Å²) in [6, 6.07) is 1.31. The van der Waals surface area contributed by atoms with Crippen LogP contribution >= 0.6 is 0 Å². The molecule has 0 fully saturated rings. The lowest BCUT2D eigenvalue weighted by molar-refractivity contribution is 0.0517. The number of carbonyl (C=O) groups is 1. The molecular weight excluding hydrogens is 196 g/mol. The number of ether oxygens (including phenoxy) is 1. The molecule has 0 aliphatic heterocycles. The second-order valence-electron chi connectivity index (χ2n) is 4.19. The predicted molar refractivity (Wildman–Crippen MR) is 54.8 cm³/mol. The molecular formula is C10H16N2O3. The molecule has 0 unspecified atom stereocenters. The Bertz CT molecular complexity index is 363. The molecule has 5 nitrogen and oxygen atoms in total. The highest BCUT2D eigenvalue weighted by Gasteiger charge is 2.22. The Labute approximate surface area is 88.7 Å². The fraction of sp³-hybridized carbons (Fsp3) is 0.600. The van der Waals surface area contributed by atoms with Crippen LogP contribution < -0.4 is 0 Å². The van der Waals surface area contributed by atoms with Gasteiger partial charge in [0.05, 0.1) is 12.1 Å². The molecule has 84 valence electrons. The largest absolute Gasteiger partial charge is 0.493 e. The number of esters is 1. The Morgan fingerprint density at radius 3 is 2.60 bits per heavy atom. The molecule has 1 rings (SSSR count). The zero-order valence-corrected chi connectivity index (χ0v) is 9.44. The highest BCUT2D eigenvalue weighted by atomic mass is 16.5. The molecule has 0 radical (unpaired) electrons. The Morgan fingerprint density at radius 2 is 2.20 bits per heavy atom. The summed E-state index contributed by atoms with van der Waals surface area (Å²) in [5.41, 5.74) is -0.237. The van der Waals surface area contributed by atoms with Crippen molar-refractivity contribution in [2.45, 2.75) is 33.2 Å². The lowest BCUT2D eigenvalue weighted by atomic mass is 10.1. The molecule has 1 aromatic rings. The molecule has 1 heterocycles. The van der Waals surface area contributed by atoms with Crippen molar-refractivity contribution in [2.75, 3.05) is 6.61 Å². The highest BCUT2D eigenvalue weighted by Crippen LogP contribution is 2.22. The Hall–Kier alpha value is -1.52. The summed E-state index contributed by atoms with van der Waals surface area (Å²) in [5.74, 6) is -0.554. The van der Waals surface area contributed by atoms with Gasteiger partial charge in [0.2, 0.25) is 5.88 Å². The Kier molecular flexibility index (Phi) is 3.02. The van der Waals surface area contributed by atoms with Crippen LogP contribution in [0.15, 0.2) is 6.07 Å². The van der Waals surface area contributed by atoms with Crippen LogP contribution in [0.4, 0.5) is 0 Å². The number of aromatic nitrogens is 2. The maximum atomic E-state index is 11.3. The van der Waals surface area contributed by atoms with Crippen LogP contribution in [0.25, 0.3) is 0 Å². The number of aromatic hydroxyl groups is 1. The molecule has 1 N–H and O–H groups in total. The second-order valence-corrected chi connectivity index (χ2v) is 4.19. The fourth-order valence-corrected chi connectivity index (χ4v) is 1.17. The van der Waals surface area contributed by atoms with Crippen molar-refractivity contribution in [3.05, 3.63) is 11.8 Å². The van der Waals surface area contributed by atoms with E-state index in [2.05, 4.69) is 5.10 Å². The van der Waals surface area contributed by atoms with Gasteiger partial charge in [0, 0.05) is 6.07 Å². The summed E-state index contributed by atoms with van der Waals surface area (Å²) in [4.78, 5) is 11.3. The van der Waals surface area contributed by atoms with E-state index in [9.17, 15) is 9.90 Å². The topological polar surface area (TPSA) is 64.3 Å².